The second-order valence-corrected chi connectivity index (χ2v) is 6.45. The summed E-state index contributed by atoms with van der Waals surface area (Å²) in [7, 11) is -3.80. The van der Waals surface area contributed by atoms with Crippen molar-refractivity contribution < 1.29 is 22.7 Å². The van der Waals surface area contributed by atoms with Crippen LogP contribution in [0.4, 0.5) is 5.69 Å². The summed E-state index contributed by atoms with van der Waals surface area (Å²) in [4.78, 5) is 27.1. The lowest BCUT2D eigenvalue weighted by molar-refractivity contribution is -0.119. The molecule has 0 aliphatic carbocycles. The molecule has 2 aromatic rings. The smallest absolute Gasteiger partial charge is 0.341 e. The third kappa shape index (κ3) is 4.75. The van der Waals surface area contributed by atoms with Gasteiger partial charge in [0.2, 0.25) is 10.0 Å². The summed E-state index contributed by atoms with van der Waals surface area (Å²) in [5.41, 5.74) is 0.368. The summed E-state index contributed by atoms with van der Waals surface area (Å²) in [6.07, 6.45) is 1.41. The summed E-state index contributed by atoms with van der Waals surface area (Å²) in [6.45, 7) is -0.541. The number of esters is 1. The normalized spacial score (nSPS) is 10.9. The molecule has 1 aromatic carbocycles. The molecule has 0 aliphatic rings. The Balaban J connectivity index is 1.92. The highest BCUT2D eigenvalue weighted by Crippen LogP contribution is 2.14. The number of benzene rings is 1. The first-order chi connectivity index (χ1) is 11.3. The molecule has 10 heteroatoms. The third-order valence-electron chi connectivity index (χ3n) is 2.78. The number of hydrogen-bond acceptors (Lipinski definition) is 6. The molecule has 3 N–H and O–H groups in total. The van der Waals surface area contributed by atoms with Gasteiger partial charge >= 0.3 is 5.97 Å². The number of sulfonamides is 1. The molecule has 126 valence electrons. The number of anilines is 1. The van der Waals surface area contributed by atoms with E-state index in [1.807, 2.05) is 0 Å². The number of carbonyl (C=O) groups excluding carboxylic acids is 2. The number of carbonyl (C=O) groups is 2. The second kappa shape index (κ2) is 7.39. The number of hydrogen-bond donors (Lipinski definition) is 2. The number of nitrogens with two attached hydrogens (primary N) is 1. The highest BCUT2D eigenvalue weighted by Gasteiger charge is 2.14. The van der Waals surface area contributed by atoms with Gasteiger partial charge in [0.1, 0.15) is 5.15 Å². The van der Waals surface area contributed by atoms with Crippen LogP contribution < -0.4 is 10.5 Å². The molecule has 2 rings (SSSR count). The van der Waals surface area contributed by atoms with Gasteiger partial charge in [-0.3, -0.25) is 4.79 Å². The number of primary sulfonamides is 1. The fourth-order valence-corrected chi connectivity index (χ4v) is 2.38. The molecule has 0 fully saturated rings. The van der Waals surface area contributed by atoms with Crippen molar-refractivity contribution in [1.29, 1.82) is 0 Å². The largest absolute Gasteiger partial charge is 0.452 e. The molecule has 24 heavy (non-hydrogen) atoms. The zero-order valence-electron chi connectivity index (χ0n) is 12.1. The van der Waals surface area contributed by atoms with Gasteiger partial charge in [0.15, 0.2) is 6.61 Å². The van der Waals surface area contributed by atoms with Gasteiger partial charge in [-0.05, 0) is 36.4 Å². The highest BCUT2D eigenvalue weighted by molar-refractivity contribution is 7.89. The molecular weight excluding hydrogens is 358 g/mol. The van der Waals surface area contributed by atoms with Crippen molar-refractivity contribution in [2.45, 2.75) is 4.90 Å². The van der Waals surface area contributed by atoms with Crippen molar-refractivity contribution in [2.24, 2.45) is 5.14 Å². The molecule has 0 saturated carbocycles. The predicted octanol–water partition coefficient (Wildman–Crippen LogP) is 1.18. The van der Waals surface area contributed by atoms with E-state index in [1.54, 1.807) is 0 Å². The minimum absolute atomic E-state index is 0.0264. The average Bonchev–Trinajstić information content (AvgIpc) is 2.53. The number of rotatable bonds is 5. The summed E-state index contributed by atoms with van der Waals surface area (Å²) in [5, 5.41) is 7.38. The predicted molar refractivity (Wildman–Crippen MR) is 86.0 cm³/mol. The minimum atomic E-state index is -3.80. The van der Waals surface area contributed by atoms with Gasteiger partial charge in [0.05, 0.1) is 10.5 Å². The number of ether oxygens (including phenoxy) is 1. The Kier molecular flexibility index (Phi) is 5.50. The maximum atomic E-state index is 11.8. The van der Waals surface area contributed by atoms with E-state index >= 15 is 0 Å². The van der Waals surface area contributed by atoms with Crippen LogP contribution in [0.2, 0.25) is 5.15 Å². The fourth-order valence-electron chi connectivity index (χ4n) is 1.67. The van der Waals surface area contributed by atoms with Crippen LogP contribution in [0.25, 0.3) is 0 Å². The van der Waals surface area contributed by atoms with Crippen molar-refractivity contribution in [1.82, 2.24) is 4.98 Å². The van der Waals surface area contributed by atoms with Crippen molar-refractivity contribution in [3.63, 3.8) is 0 Å². The Morgan fingerprint density at radius 2 is 1.88 bits per heavy atom. The van der Waals surface area contributed by atoms with Crippen LogP contribution in [0.15, 0.2) is 47.5 Å². The molecular formula is C14H12ClN3O5S. The first kappa shape index (κ1) is 17.9. The van der Waals surface area contributed by atoms with Gasteiger partial charge in [-0.2, -0.15) is 0 Å². The molecule has 1 heterocycles. The van der Waals surface area contributed by atoms with Crippen LogP contribution in [0.5, 0.6) is 0 Å². The molecule has 8 nitrogen and oxygen atoms in total. The van der Waals surface area contributed by atoms with E-state index in [9.17, 15) is 18.0 Å². The van der Waals surface area contributed by atoms with Gasteiger partial charge in [-0.15, -0.1) is 0 Å². The molecule has 0 spiro atoms. The first-order valence-corrected chi connectivity index (χ1v) is 8.40. The summed E-state index contributed by atoms with van der Waals surface area (Å²) >= 11 is 5.74. The zero-order chi connectivity index (χ0) is 17.7. The Morgan fingerprint density at radius 3 is 2.46 bits per heavy atom. The van der Waals surface area contributed by atoms with E-state index in [0.717, 1.165) is 0 Å². The molecule has 1 aromatic heterocycles. The van der Waals surface area contributed by atoms with E-state index in [1.165, 1.54) is 42.6 Å². The number of nitrogens with zero attached hydrogens (tertiary/aromatic N) is 1. The molecule has 0 unspecified atom stereocenters. The minimum Gasteiger partial charge on any atom is -0.452 e. The van der Waals surface area contributed by atoms with Crippen LogP contribution in [-0.4, -0.2) is 31.9 Å². The van der Waals surface area contributed by atoms with Crippen molar-refractivity contribution in [2.75, 3.05) is 11.9 Å². The number of halogens is 1. The molecule has 1 amide bonds. The van der Waals surface area contributed by atoms with Crippen molar-refractivity contribution in [3.05, 3.63) is 53.3 Å². The lowest BCUT2D eigenvalue weighted by Crippen LogP contribution is -2.21. The summed E-state index contributed by atoms with van der Waals surface area (Å²) in [5.74, 6) is -1.39. The lowest BCUT2D eigenvalue weighted by atomic mass is 10.3. The van der Waals surface area contributed by atoms with E-state index < -0.39 is 28.5 Å². The monoisotopic (exact) mass is 369 g/mol. The van der Waals surface area contributed by atoms with Gasteiger partial charge in [0, 0.05) is 11.9 Å². The highest BCUT2D eigenvalue weighted by atomic mass is 35.5. The molecule has 0 atom stereocenters. The number of pyridine rings is 1. The Labute approximate surface area is 142 Å². The Hall–Kier alpha value is -2.49. The van der Waals surface area contributed by atoms with E-state index in [2.05, 4.69) is 10.3 Å². The standard InChI is InChI=1S/C14H12ClN3O5S/c15-13-11(2-1-7-17-13)14(20)23-8-12(19)18-9-3-5-10(6-4-9)24(16,21)22/h1-7H,8H2,(H,18,19)(H2,16,21,22). The molecule has 0 bridgehead atoms. The molecule has 0 saturated heterocycles. The second-order valence-electron chi connectivity index (χ2n) is 4.54. The quantitative estimate of drug-likeness (QED) is 0.601. The van der Waals surface area contributed by atoms with Gasteiger partial charge in [0.25, 0.3) is 5.91 Å². The number of aromatic nitrogens is 1. The van der Waals surface area contributed by atoms with Gasteiger partial charge in [-0.1, -0.05) is 11.6 Å². The summed E-state index contributed by atoms with van der Waals surface area (Å²) < 4.78 is 27.1. The Morgan fingerprint density at radius 1 is 1.21 bits per heavy atom. The fraction of sp³-hybridized carbons (Fsp3) is 0.0714. The first-order valence-electron chi connectivity index (χ1n) is 6.48. The maximum absolute atomic E-state index is 11.8. The van der Waals surface area contributed by atoms with Crippen molar-refractivity contribution >= 4 is 39.2 Å². The lowest BCUT2D eigenvalue weighted by Gasteiger charge is -2.07. The van der Waals surface area contributed by atoms with E-state index in [4.69, 9.17) is 21.5 Å². The van der Waals surface area contributed by atoms with Gasteiger partial charge in [-0.25, -0.2) is 23.3 Å². The van der Waals surface area contributed by atoms with Crippen molar-refractivity contribution in [3.8, 4) is 0 Å². The van der Waals surface area contributed by atoms with Crippen LogP contribution in [0.1, 0.15) is 10.4 Å². The third-order valence-corrected chi connectivity index (χ3v) is 4.01. The van der Waals surface area contributed by atoms with Crippen LogP contribution >= 0.6 is 11.6 Å². The van der Waals surface area contributed by atoms with Crippen LogP contribution in [-0.2, 0) is 19.6 Å². The molecule has 0 radical (unpaired) electrons. The van der Waals surface area contributed by atoms with Gasteiger partial charge < -0.3 is 10.1 Å². The topological polar surface area (TPSA) is 128 Å². The SMILES string of the molecule is NS(=O)(=O)c1ccc(NC(=O)COC(=O)c2cccnc2Cl)cc1. The number of nitrogens with one attached hydrogen (secondary N) is 1. The van der Waals surface area contributed by atoms with Crippen LogP contribution in [0.3, 0.4) is 0 Å². The maximum Gasteiger partial charge on any atom is 0.341 e. The van der Waals surface area contributed by atoms with E-state index in [-0.39, 0.29) is 15.6 Å². The van der Waals surface area contributed by atoms with E-state index in [0.29, 0.717) is 5.69 Å². The Bertz CT molecular complexity index is 868. The number of amides is 1. The zero-order valence-corrected chi connectivity index (χ0v) is 13.7. The summed E-state index contributed by atoms with van der Waals surface area (Å²) in [6, 6.07) is 8.13. The van der Waals surface area contributed by atoms with Crippen LogP contribution in [0, 0.1) is 0 Å². The molecule has 0 aliphatic heterocycles. The average molecular weight is 370 g/mol.